The Hall–Kier alpha value is -2.57. The molecule has 0 fully saturated rings. The van der Waals surface area contributed by atoms with Crippen LogP contribution in [0, 0.1) is 0 Å². The third-order valence-corrected chi connectivity index (χ3v) is 2.95. The van der Waals surface area contributed by atoms with Gasteiger partial charge in [-0.3, -0.25) is 9.59 Å². The maximum atomic E-state index is 12.1. The van der Waals surface area contributed by atoms with Crippen molar-refractivity contribution in [1.29, 1.82) is 0 Å². The van der Waals surface area contributed by atoms with Crippen LogP contribution in [0.3, 0.4) is 0 Å². The number of carbonyl (C=O) groups is 3. The first kappa shape index (κ1) is 18.5. The standard InChI is InChI=1S/C16H21NO6/c1-3-22-14(19)10-9-13(16(21)23-4-2)17-15(20)11-5-7-12(18)8-6-11/h5-8,13,18H,3-4,9-10H2,1-2H3,(H,17,20)/t13-/m1/s1. The number of phenolic OH excluding ortho intramolecular Hbond substituents is 1. The summed E-state index contributed by atoms with van der Waals surface area (Å²) in [5.74, 6) is -1.51. The fourth-order valence-electron chi connectivity index (χ4n) is 1.84. The number of amides is 1. The maximum Gasteiger partial charge on any atom is 0.328 e. The Bertz CT molecular complexity index is 540. The van der Waals surface area contributed by atoms with Gasteiger partial charge in [-0.1, -0.05) is 0 Å². The second-order valence-corrected chi connectivity index (χ2v) is 4.67. The summed E-state index contributed by atoms with van der Waals surface area (Å²) in [7, 11) is 0. The molecule has 1 aromatic carbocycles. The Balaban J connectivity index is 2.71. The number of hydrogen-bond acceptors (Lipinski definition) is 6. The predicted molar refractivity (Wildman–Crippen MR) is 81.9 cm³/mol. The summed E-state index contributed by atoms with van der Waals surface area (Å²) in [6.45, 7) is 3.77. The van der Waals surface area contributed by atoms with E-state index in [4.69, 9.17) is 9.47 Å². The van der Waals surface area contributed by atoms with E-state index in [0.29, 0.717) is 0 Å². The summed E-state index contributed by atoms with van der Waals surface area (Å²) >= 11 is 0. The lowest BCUT2D eigenvalue weighted by Crippen LogP contribution is -2.42. The van der Waals surface area contributed by atoms with Crippen LogP contribution in [0.5, 0.6) is 5.75 Å². The molecule has 0 radical (unpaired) electrons. The van der Waals surface area contributed by atoms with Crippen LogP contribution in [0.15, 0.2) is 24.3 Å². The van der Waals surface area contributed by atoms with Gasteiger partial charge in [-0.25, -0.2) is 4.79 Å². The van der Waals surface area contributed by atoms with Crippen LogP contribution in [0.2, 0.25) is 0 Å². The Morgan fingerprint density at radius 3 is 2.26 bits per heavy atom. The van der Waals surface area contributed by atoms with E-state index in [0.717, 1.165) is 0 Å². The van der Waals surface area contributed by atoms with E-state index < -0.39 is 23.9 Å². The molecule has 23 heavy (non-hydrogen) atoms. The summed E-state index contributed by atoms with van der Waals surface area (Å²) < 4.78 is 9.71. The van der Waals surface area contributed by atoms with E-state index in [9.17, 15) is 19.5 Å². The number of rotatable bonds is 8. The van der Waals surface area contributed by atoms with Crippen molar-refractivity contribution in [3.05, 3.63) is 29.8 Å². The van der Waals surface area contributed by atoms with Crippen molar-refractivity contribution < 1.29 is 29.0 Å². The van der Waals surface area contributed by atoms with Crippen molar-refractivity contribution in [2.45, 2.75) is 32.7 Å². The molecule has 1 aromatic rings. The summed E-state index contributed by atoms with van der Waals surface area (Å²) in [5, 5.41) is 11.7. The molecule has 0 aliphatic carbocycles. The van der Waals surface area contributed by atoms with Crippen molar-refractivity contribution in [1.82, 2.24) is 5.32 Å². The lowest BCUT2D eigenvalue weighted by molar-refractivity contribution is -0.146. The van der Waals surface area contributed by atoms with E-state index in [1.165, 1.54) is 24.3 Å². The Morgan fingerprint density at radius 1 is 1.09 bits per heavy atom. The summed E-state index contributed by atoms with van der Waals surface area (Å²) in [4.78, 5) is 35.4. The minimum absolute atomic E-state index is 0.00677. The molecule has 126 valence electrons. The van der Waals surface area contributed by atoms with Gasteiger partial charge in [0.2, 0.25) is 0 Å². The first-order valence-electron chi connectivity index (χ1n) is 7.40. The van der Waals surface area contributed by atoms with Gasteiger partial charge >= 0.3 is 11.9 Å². The average Bonchev–Trinajstić information content (AvgIpc) is 2.52. The summed E-state index contributed by atoms with van der Waals surface area (Å²) in [6, 6.07) is 4.65. The lowest BCUT2D eigenvalue weighted by Gasteiger charge is -2.17. The SMILES string of the molecule is CCOC(=O)CC[C@@H](NC(=O)c1ccc(O)cc1)C(=O)OCC. The van der Waals surface area contributed by atoms with Crippen LogP contribution < -0.4 is 5.32 Å². The quantitative estimate of drug-likeness (QED) is 0.701. The van der Waals surface area contributed by atoms with Gasteiger partial charge in [0.1, 0.15) is 11.8 Å². The molecule has 0 heterocycles. The highest BCUT2D eigenvalue weighted by atomic mass is 16.5. The number of hydrogen-bond donors (Lipinski definition) is 2. The molecule has 0 aliphatic heterocycles. The highest BCUT2D eigenvalue weighted by Gasteiger charge is 2.23. The molecule has 7 heteroatoms. The Kier molecular flexibility index (Phi) is 7.59. The third kappa shape index (κ3) is 6.37. The van der Waals surface area contributed by atoms with Gasteiger partial charge in [-0.05, 0) is 44.5 Å². The van der Waals surface area contributed by atoms with Gasteiger partial charge in [-0.2, -0.15) is 0 Å². The van der Waals surface area contributed by atoms with Gasteiger partial charge < -0.3 is 19.9 Å². The molecule has 0 saturated heterocycles. The first-order chi connectivity index (χ1) is 11.0. The van der Waals surface area contributed by atoms with Crippen LogP contribution >= 0.6 is 0 Å². The molecular weight excluding hydrogens is 302 g/mol. The smallest absolute Gasteiger partial charge is 0.328 e. The number of nitrogens with one attached hydrogen (secondary N) is 1. The van der Waals surface area contributed by atoms with E-state index in [1.807, 2.05) is 0 Å². The fourth-order valence-corrected chi connectivity index (χ4v) is 1.84. The van der Waals surface area contributed by atoms with Crippen LogP contribution in [-0.4, -0.2) is 42.2 Å². The molecule has 1 amide bonds. The van der Waals surface area contributed by atoms with E-state index in [2.05, 4.69) is 5.32 Å². The van der Waals surface area contributed by atoms with Crippen molar-refractivity contribution in [3.8, 4) is 5.75 Å². The van der Waals surface area contributed by atoms with Crippen LogP contribution in [0.25, 0.3) is 0 Å². The first-order valence-corrected chi connectivity index (χ1v) is 7.40. The number of aromatic hydroxyl groups is 1. The second-order valence-electron chi connectivity index (χ2n) is 4.67. The molecule has 0 aromatic heterocycles. The number of phenols is 1. The number of esters is 2. The lowest BCUT2D eigenvalue weighted by atomic mass is 10.1. The maximum absolute atomic E-state index is 12.1. The Morgan fingerprint density at radius 2 is 1.70 bits per heavy atom. The largest absolute Gasteiger partial charge is 0.508 e. The van der Waals surface area contributed by atoms with E-state index in [-0.39, 0.29) is 37.4 Å². The normalized spacial score (nSPS) is 11.4. The van der Waals surface area contributed by atoms with Gasteiger partial charge in [0, 0.05) is 12.0 Å². The van der Waals surface area contributed by atoms with Crippen molar-refractivity contribution in [3.63, 3.8) is 0 Å². The van der Waals surface area contributed by atoms with Crippen molar-refractivity contribution in [2.75, 3.05) is 13.2 Å². The van der Waals surface area contributed by atoms with Gasteiger partial charge in [0.05, 0.1) is 13.2 Å². The number of ether oxygens (including phenoxy) is 2. The molecule has 0 aliphatic rings. The molecule has 1 atom stereocenters. The minimum Gasteiger partial charge on any atom is -0.508 e. The zero-order valence-electron chi connectivity index (χ0n) is 13.2. The zero-order valence-corrected chi connectivity index (χ0v) is 13.2. The molecule has 0 spiro atoms. The summed E-state index contributed by atoms with van der Waals surface area (Å²) in [6.07, 6.45) is 0.0780. The van der Waals surface area contributed by atoms with Crippen LogP contribution in [0.1, 0.15) is 37.0 Å². The molecule has 2 N–H and O–H groups in total. The van der Waals surface area contributed by atoms with Gasteiger partial charge in [0.15, 0.2) is 0 Å². The average molecular weight is 323 g/mol. The van der Waals surface area contributed by atoms with E-state index in [1.54, 1.807) is 13.8 Å². The van der Waals surface area contributed by atoms with Gasteiger partial charge in [-0.15, -0.1) is 0 Å². The van der Waals surface area contributed by atoms with Crippen LogP contribution in [-0.2, 0) is 19.1 Å². The zero-order chi connectivity index (χ0) is 17.2. The minimum atomic E-state index is -0.944. The third-order valence-electron chi connectivity index (χ3n) is 2.95. The molecule has 7 nitrogen and oxygen atoms in total. The number of carbonyl (C=O) groups excluding carboxylic acids is 3. The highest BCUT2D eigenvalue weighted by Crippen LogP contribution is 2.10. The Labute approximate surface area is 134 Å². The van der Waals surface area contributed by atoms with Crippen molar-refractivity contribution in [2.24, 2.45) is 0 Å². The monoisotopic (exact) mass is 323 g/mol. The second kappa shape index (κ2) is 9.45. The predicted octanol–water partition coefficient (Wildman–Crippen LogP) is 1.40. The van der Waals surface area contributed by atoms with Gasteiger partial charge in [0.25, 0.3) is 5.91 Å². The van der Waals surface area contributed by atoms with E-state index >= 15 is 0 Å². The molecule has 0 saturated carbocycles. The number of benzene rings is 1. The van der Waals surface area contributed by atoms with Crippen molar-refractivity contribution >= 4 is 17.8 Å². The fraction of sp³-hybridized carbons (Fsp3) is 0.438. The summed E-state index contributed by atoms with van der Waals surface area (Å²) in [5.41, 5.74) is 0.285. The molecule has 0 bridgehead atoms. The van der Waals surface area contributed by atoms with Crippen LogP contribution in [0.4, 0.5) is 0 Å². The topological polar surface area (TPSA) is 102 Å². The highest BCUT2D eigenvalue weighted by molar-refractivity contribution is 5.96. The molecular formula is C16H21NO6. The molecule has 1 rings (SSSR count). The molecule has 0 unspecified atom stereocenters.